The molecule has 0 aromatic rings. The summed E-state index contributed by atoms with van der Waals surface area (Å²) in [5.74, 6) is 0. The van der Waals surface area contributed by atoms with Gasteiger partial charge in [-0.2, -0.15) is 0 Å². The van der Waals surface area contributed by atoms with Crippen LogP contribution in [0.1, 0.15) is 26.2 Å². The molecule has 1 nitrogen and oxygen atoms in total. The molecule has 0 aromatic carbocycles. The van der Waals surface area contributed by atoms with E-state index in [1.807, 2.05) is 0 Å². The van der Waals surface area contributed by atoms with Crippen LogP contribution in [0.3, 0.4) is 0 Å². The average molecular weight is 271 g/mol. The van der Waals surface area contributed by atoms with Crippen molar-refractivity contribution in [1.29, 1.82) is 0 Å². The van der Waals surface area contributed by atoms with Crippen LogP contribution in [-0.4, -0.2) is 5.60 Å². The van der Waals surface area contributed by atoms with Crippen LogP contribution in [0.25, 0.3) is 0 Å². The first-order valence-corrected chi connectivity index (χ1v) is 8.38. The monoisotopic (exact) mass is 270 g/mol. The number of halogens is 1. The Balaban J connectivity index is 2.30. The van der Waals surface area contributed by atoms with E-state index in [0.29, 0.717) is 0 Å². The molecule has 0 aromatic heterocycles. The second-order valence-electron chi connectivity index (χ2n) is 4.01. The Hall–Kier alpha value is -0.0757. The fraction of sp³-hybridized carbons (Fsp3) is 0.385. The van der Waals surface area contributed by atoms with E-state index in [2.05, 4.69) is 43.4 Å². The Morgan fingerprint density at radius 3 is 2.12 bits per heavy atom. The van der Waals surface area contributed by atoms with Crippen molar-refractivity contribution in [3.05, 3.63) is 47.6 Å². The van der Waals surface area contributed by atoms with Crippen LogP contribution in [0.2, 0.25) is 0 Å². The zero-order chi connectivity index (χ0) is 11.4. The third kappa shape index (κ3) is 2.15. The molecule has 84 valence electrons. The minimum absolute atomic E-state index is 0.227. The van der Waals surface area contributed by atoms with Crippen molar-refractivity contribution in [1.82, 2.24) is 0 Å². The SMILES string of the molecule is CCC([O][Ti][Cl])(C1=CC=CC1)C1=CC=CC1. The van der Waals surface area contributed by atoms with Crippen LogP contribution >= 0.6 is 9.30 Å². The first-order chi connectivity index (χ1) is 7.83. The first-order valence-electron chi connectivity index (χ1n) is 5.59. The van der Waals surface area contributed by atoms with E-state index in [1.54, 1.807) is 0 Å². The predicted molar refractivity (Wildman–Crippen MR) is 63.6 cm³/mol. The standard InChI is InChI=1S/C13H15O.ClH.Ti/c1-2-13(14,11-7-3-4-8-11)12-9-5-6-10-12;;/h3-7,9H,2,8,10H2,1H3;1H;/q-1;;+2/p-1. The molecular weight excluding hydrogens is 255 g/mol. The summed E-state index contributed by atoms with van der Waals surface area (Å²) in [4.78, 5) is 0. The van der Waals surface area contributed by atoms with E-state index < -0.39 is 18.5 Å². The van der Waals surface area contributed by atoms with Gasteiger partial charge in [0.15, 0.2) is 0 Å². The van der Waals surface area contributed by atoms with Crippen molar-refractivity contribution in [2.75, 3.05) is 0 Å². The zero-order valence-corrected chi connectivity index (χ0v) is 11.7. The van der Waals surface area contributed by atoms with Gasteiger partial charge in [0.2, 0.25) is 0 Å². The second-order valence-corrected chi connectivity index (χ2v) is 5.20. The summed E-state index contributed by atoms with van der Waals surface area (Å²) in [5, 5.41) is 0. The molecule has 2 aliphatic rings. The molecule has 0 N–H and O–H groups in total. The van der Waals surface area contributed by atoms with E-state index in [1.165, 1.54) is 11.1 Å². The van der Waals surface area contributed by atoms with Gasteiger partial charge in [-0.1, -0.05) is 0 Å². The molecule has 0 radical (unpaired) electrons. The molecule has 0 unspecified atom stereocenters. The van der Waals surface area contributed by atoms with Gasteiger partial charge in [0.1, 0.15) is 0 Å². The van der Waals surface area contributed by atoms with Crippen LogP contribution in [0.15, 0.2) is 47.6 Å². The molecule has 0 aliphatic heterocycles. The Labute approximate surface area is 110 Å². The molecule has 0 saturated heterocycles. The molecule has 0 atom stereocenters. The average Bonchev–Trinajstić information content (AvgIpc) is 2.98. The van der Waals surface area contributed by atoms with E-state index in [0.717, 1.165) is 19.3 Å². The Morgan fingerprint density at radius 2 is 1.81 bits per heavy atom. The summed E-state index contributed by atoms with van der Waals surface area (Å²) in [6.45, 7) is 2.18. The summed E-state index contributed by atoms with van der Waals surface area (Å²) in [7, 11) is 5.93. The fourth-order valence-corrected chi connectivity index (χ4v) is 3.81. The number of allylic oxidation sites excluding steroid dienone is 6. The normalized spacial score (nSPS) is 18.9. The summed E-state index contributed by atoms with van der Waals surface area (Å²) in [6, 6.07) is 0. The van der Waals surface area contributed by atoms with Crippen molar-refractivity contribution in [3.8, 4) is 0 Å². The molecule has 16 heavy (non-hydrogen) atoms. The topological polar surface area (TPSA) is 9.23 Å². The van der Waals surface area contributed by atoms with Gasteiger partial charge in [0.25, 0.3) is 0 Å². The maximum absolute atomic E-state index is 6.02. The summed E-state index contributed by atoms with van der Waals surface area (Å²) in [5.41, 5.74) is 2.48. The predicted octanol–water partition coefficient (Wildman–Crippen LogP) is 4.08. The Kier molecular flexibility index (Phi) is 4.26. The molecule has 0 bridgehead atoms. The third-order valence-electron chi connectivity index (χ3n) is 3.29. The number of hydrogen-bond acceptors (Lipinski definition) is 1. The van der Waals surface area contributed by atoms with Gasteiger partial charge < -0.3 is 0 Å². The van der Waals surface area contributed by atoms with Gasteiger partial charge in [0.05, 0.1) is 0 Å². The summed E-state index contributed by atoms with van der Waals surface area (Å²) >= 11 is -0.816. The molecule has 0 amide bonds. The van der Waals surface area contributed by atoms with Crippen LogP contribution in [0.5, 0.6) is 0 Å². The summed E-state index contributed by atoms with van der Waals surface area (Å²) < 4.78 is 6.02. The van der Waals surface area contributed by atoms with Crippen LogP contribution in [-0.2, 0) is 21.8 Å². The minimum atomic E-state index is -0.816. The first kappa shape index (κ1) is 12.4. The van der Waals surface area contributed by atoms with Crippen molar-refractivity contribution < 1.29 is 21.8 Å². The maximum atomic E-state index is 6.02. The van der Waals surface area contributed by atoms with Gasteiger partial charge >= 0.3 is 110 Å². The van der Waals surface area contributed by atoms with Gasteiger partial charge in [-0.15, -0.1) is 0 Å². The van der Waals surface area contributed by atoms with Gasteiger partial charge in [0, 0.05) is 0 Å². The Morgan fingerprint density at radius 1 is 1.25 bits per heavy atom. The molecule has 2 aliphatic carbocycles. The van der Waals surface area contributed by atoms with E-state index in [9.17, 15) is 0 Å². The number of rotatable bonds is 5. The van der Waals surface area contributed by atoms with Gasteiger partial charge in [-0.05, 0) is 0 Å². The van der Waals surface area contributed by atoms with Gasteiger partial charge in [-0.3, -0.25) is 0 Å². The molecule has 2 rings (SSSR count). The Bertz CT molecular complexity index is 349. The quantitative estimate of drug-likeness (QED) is 0.684. The van der Waals surface area contributed by atoms with Crippen LogP contribution in [0.4, 0.5) is 0 Å². The van der Waals surface area contributed by atoms with Gasteiger partial charge in [-0.25, -0.2) is 0 Å². The van der Waals surface area contributed by atoms with Crippen LogP contribution < -0.4 is 0 Å². The molecule has 0 saturated carbocycles. The molecule has 0 spiro atoms. The van der Waals surface area contributed by atoms with Crippen molar-refractivity contribution in [2.45, 2.75) is 31.8 Å². The van der Waals surface area contributed by atoms with E-state index >= 15 is 0 Å². The van der Waals surface area contributed by atoms with Crippen LogP contribution in [0, 0.1) is 0 Å². The fourth-order valence-electron chi connectivity index (χ4n) is 2.42. The molecule has 3 heteroatoms. The molecular formula is C13H15ClOTi. The zero-order valence-electron chi connectivity index (χ0n) is 9.37. The van der Waals surface area contributed by atoms with Crippen molar-refractivity contribution in [3.63, 3.8) is 0 Å². The second kappa shape index (κ2) is 5.51. The van der Waals surface area contributed by atoms with Crippen molar-refractivity contribution >= 4 is 9.30 Å². The third-order valence-corrected chi connectivity index (χ3v) is 4.27. The molecule has 0 fully saturated rings. The van der Waals surface area contributed by atoms with E-state index in [-0.39, 0.29) is 5.60 Å². The van der Waals surface area contributed by atoms with E-state index in [4.69, 9.17) is 12.6 Å². The van der Waals surface area contributed by atoms with Crippen molar-refractivity contribution in [2.24, 2.45) is 0 Å². The molecule has 0 heterocycles. The number of hydrogen-bond donors (Lipinski definition) is 0. The summed E-state index contributed by atoms with van der Waals surface area (Å²) in [6.07, 6.45) is 15.9.